The van der Waals surface area contributed by atoms with Crippen molar-refractivity contribution in [2.75, 3.05) is 13.1 Å². The lowest BCUT2D eigenvalue weighted by atomic mass is 9.95. The second-order valence-electron chi connectivity index (χ2n) is 9.20. The number of nitrogens with one attached hydrogen (secondary N) is 1. The molecule has 1 saturated heterocycles. The van der Waals surface area contributed by atoms with Crippen LogP contribution in [0.25, 0.3) is 10.2 Å². The van der Waals surface area contributed by atoms with E-state index in [1.165, 1.54) is 49.0 Å². The van der Waals surface area contributed by atoms with E-state index in [0.29, 0.717) is 6.54 Å². The Bertz CT molecular complexity index is 983. The van der Waals surface area contributed by atoms with Gasteiger partial charge in [0.1, 0.15) is 17.2 Å². The molecule has 3 heterocycles. The number of nitrogens with zero attached hydrogens (tertiary/aromatic N) is 3. The van der Waals surface area contributed by atoms with Crippen molar-refractivity contribution in [1.29, 1.82) is 0 Å². The molecule has 0 radical (unpaired) electrons. The average molecular weight is 429 g/mol. The van der Waals surface area contributed by atoms with Crippen LogP contribution >= 0.6 is 11.3 Å². The Morgan fingerprint density at radius 1 is 1.03 bits per heavy atom. The average Bonchev–Trinajstić information content (AvgIpc) is 3.39. The van der Waals surface area contributed by atoms with Crippen molar-refractivity contribution in [2.45, 2.75) is 89.8 Å². The van der Waals surface area contributed by atoms with Crippen LogP contribution in [0.5, 0.6) is 0 Å². The number of likely N-dealkylation sites (tertiary alicyclic amines) is 1. The van der Waals surface area contributed by atoms with E-state index in [9.17, 15) is 9.59 Å². The van der Waals surface area contributed by atoms with Crippen molar-refractivity contribution < 1.29 is 4.79 Å². The molecule has 1 amide bonds. The molecule has 0 spiro atoms. The zero-order valence-corrected chi connectivity index (χ0v) is 18.6. The third-order valence-electron chi connectivity index (χ3n) is 6.99. The number of carbonyl (C=O) groups is 1. The van der Waals surface area contributed by atoms with Gasteiger partial charge in [-0.2, -0.15) is 0 Å². The highest BCUT2D eigenvalue weighted by Gasteiger charge is 2.25. The van der Waals surface area contributed by atoms with Crippen LogP contribution in [0.15, 0.2) is 4.79 Å². The standard InChI is InChI=1S/C23H32N4O2S/c28-20(24-16-8-2-1-3-9-16)15-27-19(14-26-12-6-7-13-26)25-22-21(23(27)29)17-10-4-5-11-18(17)30-22/h16H,1-15H2,(H,24,28). The lowest BCUT2D eigenvalue weighted by molar-refractivity contribution is -0.122. The van der Waals surface area contributed by atoms with Crippen molar-refractivity contribution in [2.24, 2.45) is 0 Å². The first-order chi connectivity index (χ1) is 14.7. The predicted molar refractivity (Wildman–Crippen MR) is 120 cm³/mol. The van der Waals surface area contributed by atoms with Gasteiger partial charge in [0.25, 0.3) is 5.56 Å². The number of aromatic nitrogens is 2. The molecule has 1 saturated carbocycles. The van der Waals surface area contributed by atoms with Crippen LogP contribution in [0.4, 0.5) is 0 Å². The SMILES string of the molecule is O=C(Cn1c(CN2CCCC2)nc2sc3c(c2c1=O)CCCC3)NC1CCCCC1. The van der Waals surface area contributed by atoms with Crippen LogP contribution in [0.2, 0.25) is 0 Å². The van der Waals surface area contributed by atoms with Gasteiger partial charge >= 0.3 is 0 Å². The molecule has 7 heteroatoms. The minimum Gasteiger partial charge on any atom is -0.352 e. The Balaban J connectivity index is 1.48. The number of rotatable bonds is 5. The summed E-state index contributed by atoms with van der Waals surface area (Å²) in [5, 5.41) is 3.96. The van der Waals surface area contributed by atoms with Crippen molar-refractivity contribution in [3.8, 4) is 0 Å². The topological polar surface area (TPSA) is 67.2 Å². The van der Waals surface area contributed by atoms with Crippen LogP contribution in [0, 0.1) is 0 Å². The number of thiophene rings is 1. The zero-order valence-electron chi connectivity index (χ0n) is 17.8. The number of fused-ring (bicyclic) bond motifs is 3. The highest BCUT2D eigenvalue weighted by Crippen LogP contribution is 2.34. The summed E-state index contributed by atoms with van der Waals surface area (Å²) < 4.78 is 1.68. The molecular formula is C23H32N4O2S. The molecule has 0 atom stereocenters. The fraction of sp³-hybridized carbons (Fsp3) is 0.696. The third-order valence-corrected chi connectivity index (χ3v) is 8.18. The first-order valence-electron chi connectivity index (χ1n) is 11.7. The van der Waals surface area contributed by atoms with E-state index >= 15 is 0 Å². The molecule has 30 heavy (non-hydrogen) atoms. The van der Waals surface area contributed by atoms with Crippen LogP contribution in [0.1, 0.15) is 74.1 Å². The zero-order chi connectivity index (χ0) is 20.5. The van der Waals surface area contributed by atoms with Gasteiger partial charge in [0, 0.05) is 10.9 Å². The molecule has 162 valence electrons. The lowest BCUT2D eigenvalue weighted by Gasteiger charge is -2.23. The van der Waals surface area contributed by atoms with Crippen molar-refractivity contribution in [1.82, 2.24) is 19.8 Å². The van der Waals surface area contributed by atoms with Crippen LogP contribution in [0.3, 0.4) is 0 Å². The molecule has 2 aromatic rings. The molecule has 0 unspecified atom stereocenters. The van der Waals surface area contributed by atoms with Gasteiger partial charge in [-0.25, -0.2) is 4.98 Å². The summed E-state index contributed by atoms with van der Waals surface area (Å²) in [4.78, 5) is 36.0. The number of hydrogen-bond donors (Lipinski definition) is 1. The van der Waals surface area contributed by atoms with E-state index in [1.54, 1.807) is 15.9 Å². The Morgan fingerprint density at radius 2 is 1.80 bits per heavy atom. The molecule has 0 aromatic carbocycles. The van der Waals surface area contributed by atoms with Crippen molar-refractivity contribution >= 4 is 27.5 Å². The second-order valence-corrected chi connectivity index (χ2v) is 10.3. The number of carbonyl (C=O) groups excluding carboxylic acids is 1. The Labute approximate surface area is 181 Å². The largest absolute Gasteiger partial charge is 0.352 e. The summed E-state index contributed by atoms with van der Waals surface area (Å²) in [5.41, 5.74) is 1.19. The van der Waals surface area contributed by atoms with Crippen LogP contribution in [-0.2, 0) is 30.7 Å². The molecule has 6 nitrogen and oxygen atoms in total. The monoisotopic (exact) mass is 428 g/mol. The van der Waals surface area contributed by atoms with Gasteiger partial charge in [0.05, 0.1) is 11.9 Å². The van der Waals surface area contributed by atoms with Crippen LogP contribution < -0.4 is 10.9 Å². The summed E-state index contributed by atoms with van der Waals surface area (Å²) in [6, 6.07) is 0.259. The van der Waals surface area contributed by atoms with Crippen LogP contribution in [-0.4, -0.2) is 39.5 Å². The predicted octanol–water partition coefficient (Wildman–Crippen LogP) is 3.38. The lowest BCUT2D eigenvalue weighted by Crippen LogP contribution is -2.41. The maximum absolute atomic E-state index is 13.6. The molecule has 3 aliphatic rings. The second kappa shape index (κ2) is 8.79. The maximum Gasteiger partial charge on any atom is 0.263 e. The molecule has 2 aromatic heterocycles. The molecule has 0 bridgehead atoms. The first-order valence-corrected chi connectivity index (χ1v) is 12.6. The van der Waals surface area contributed by atoms with Gasteiger partial charge in [-0.15, -0.1) is 11.3 Å². The highest BCUT2D eigenvalue weighted by atomic mass is 32.1. The Hall–Kier alpha value is -1.73. The number of aryl methyl sites for hydroxylation is 2. The highest BCUT2D eigenvalue weighted by molar-refractivity contribution is 7.18. The minimum atomic E-state index is -0.0445. The number of hydrogen-bond acceptors (Lipinski definition) is 5. The van der Waals surface area contributed by atoms with E-state index in [-0.39, 0.29) is 24.1 Å². The van der Waals surface area contributed by atoms with Gasteiger partial charge in [0.15, 0.2) is 0 Å². The van der Waals surface area contributed by atoms with E-state index in [2.05, 4.69) is 10.2 Å². The van der Waals surface area contributed by atoms with Crippen molar-refractivity contribution in [3.63, 3.8) is 0 Å². The van der Waals surface area contributed by atoms with Gasteiger partial charge in [-0.1, -0.05) is 19.3 Å². The molecule has 5 rings (SSSR count). The summed E-state index contributed by atoms with van der Waals surface area (Å²) in [7, 11) is 0. The van der Waals surface area contributed by atoms with Crippen molar-refractivity contribution in [3.05, 3.63) is 26.6 Å². The molecule has 1 aliphatic heterocycles. The first kappa shape index (κ1) is 20.2. The van der Waals surface area contributed by atoms with Gasteiger partial charge < -0.3 is 5.32 Å². The quantitative estimate of drug-likeness (QED) is 0.793. The van der Waals surface area contributed by atoms with Gasteiger partial charge in [-0.3, -0.25) is 19.1 Å². The smallest absolute Gasteiger partial charge is 0.263 e. The van der Waals surface area contributed by atoms with Gasteiger partial charge in [0.2, 0.25) is 5.91 Å². The molecular weight excluding hydrogens is 396 g/mol. The Kier molecular flexibility index (Phi) is 5.92. The summed E-state index contributed by atoms with van der Waals surface area (Å²) >= 11 is 1.70. The summed E-state index contributed by atoms with van der Waals surface area (Å²) in [6.45, 7) is 2.84. The van der Waals surface area contributed by atoms with E-state index in [4.69, 9.17) is 4.98 Å². The third kappa shape index (κ3) is 4.06. The minimum absolute atomic E-state index is 0.00705. The van der Waals surface area contributed by atoms with E-state index < -0.39 is 0 Å². The molecule has 1 N–H and O–H groups in total. The number of amides is 1. The summed E-state index contributed by atoms with van der Waals surface area (Å²) in [6.07, 6.45) is 12.5. The Morgan fingerprint density at radius 3 is 2.60 bits per heavy atom. The van der Waals surface area contributed by atoms with E-state index in [1.807, 2.05) is 0 Å². The van der Waals surface area contributed by atoms with Gasteiger partial charge in [-0.05, 0) is 70.0 Å². The van der Waals surface area contributed by atoms with E-state index in [0.717, 1.165) is 61.2 Å². The fourth-order valence-electron chi connectivity index (χ4n) is 5.37. The molecule has 2 fully saturated rings. The normalized spacial score (nSPS) is 20.5. The molecule has 2 aliphatic carbocycles. The maximum atomic E-state index is 13.6. The fourth-order valence-corrected chi connectivity index (χ4v) is 6.64. The summed E-state index contributed by atoms with van der Waals surface area (Å²) in [5.74, 6) is 0.712.